The van der Waals surface area contributed by atoms with Crippen LogP contribution in [-0.2, 0) is 9.47 Å². The van der Waals surface area contributed by atoms with E-state index in [9.17, 15) is 20.1 Å². The third-order valence-electron chi connectivity index (χ3n) is 6.18. The second-order valence-electron chi connectivity index (χ2n) is 8.30. The molecule has 2 aliphatic heterocycles. The van der Waals surface area contributed by atoms with Crippen LogP contribution in [0, 0.1) is 0 Å². The lowest BCUT2D eigenvalue weighted by molar-refractivity contribution is -0.0848. The number of carbonyl (C=O) groups is 1. The normalized spacial score (nSPS) is 25.7. The van der Waals surface area contributed by atoms with Gasteiger partial charge in [-0.15, -0.1) is 0 Å². The Hall–Kier alpha value is -2.51. The number of hydrogen-bond donors (Lipinski definition) is 4. The SMILES string of the molecule is O=C(Nc1ncnc2c1ccn2[C@@H]1O[C@H]([C@H](O)c2ccc(Cl)c(Cl)c2)[C@@H](O)[C@H]1O)N1CCOCC1. The Morgan fingerprint density at radius 1 is 1.11 bits per heavy atom. The fraction of sp³-hybridized carbons (Fsp3) is 0.409. The van der Waals surface area contributed by atoms with Gasteiger partial charge in [-0.3, -0.25) is 5.32 Å². The molecule has 0 spiro atoms. The van der Waals surface area contributed by atoms with Crippen molar-refractivity contribution in [3.8, 4) is 0 Å². The highest BCUT2D eigenvalue weighted by atomic mass is 35.5. The first-order chi connectivity index (χ1) is 16.8. The van der Waals surface area contributed by atoms with Crippen LogP contribution in [0.4, 0.5) is 10.6 Å². The topological polar surface area (TPSA) is 142 Å². The lowest BCUT2D eigenvalue weighted by atomic mass is 9.99. The van der Waals surface area contributed by atoms with Crippen molar-refractivity contribution >= 4 is 46.1 Å². The molecule has 2 aliphatic rings. The van der Waals surface area contributed by atoms with Gasteiger partial charge in [0.2, 0.25) is 0 Å². The summed E-state index contributed by atoms with van der Waals surface area (Å²) >= 11 is 12.0. The summed E-state index contributed by atoms with van der Waals surface area (Å²) in [5.41, 5.74) is 0.752. The number of carbonyl (C=O) groups excluding carboxylic acids is 1. The molecule has 0 unspecified atom stereocenters. The van der Waals surface area contributed by atoms with Gasteiger partial charge >= 0.3 is 6.03 Å². The summed E-state index contributed by atoms with van der Waals surface area (Å²) in [5.74, 6) is 0.297. The number of halogens is 2. The lowest BCUT2D eigenvalue weighted by Gasteiger charge is -2.26. The third kappa shape index (κ3) is 4.56. The summed E-state index contributed by atoms with van der Waals surface area (Å²) < 4.78 is 12.7. The van der Waals surface area contributed by atoms with E-state index < -0.39 is 30.6 Å². The molecule has 0 saturated carbocycles. The maximum atomic E-state index is 12.6. The Balaban J connectivity index is 1.38. The van der Waals surface area contributed by atoms with Gasteiger partial charge in [-0.05, 0) is 23.8 Å². The summed E-state index contributed by atoms with van der Waals surface area (Å²) in [6.45, 7) is 1.89. The molecule has 0 bridgehead atoms. The number of rotatable bonds is 4. The van der Waals surface area contributed by atoms with Crippen molar-refractivity contribution in [1.29, 1.82) is 0 Å². The molecule has 13 heteroatoms. The molecule has 0 radical (unpaired) electrons. The van der Waals surface area contributed by atoms with E-state index in [0.29, 0.717) is 53.7 Å². The zero-order chi connectivity index (χ0) is 24.7. The molecule has 35 heavy (non-hydrogen) atoms. The highest BCUT2D eigenvalue weighted by Crippen LogP contribution is 2.39. The minimum atomic E-state index is -1.40. The van der Waals surface area contributed by atoms with Crippen molar-refractivity contribution in [2.75, 3.05) is 31.6 Å². The quantitative estimate of drug-likeness (QED) is 0.406. The van der Waals surface area contributed by atoms with Gasteiger partial charge in [0.1, 0.15) is 42.2 Å². The molecule has 5 rings (SSSR count). The number of benzene rings is 1. The molecular weight excluding hydrogens is 501 g/mol. The van der Waals surface area contributed by atoms with Gasteiger partial charge < -0.3 is 34.3 Å². The first kappa shape index (κ1) is 24.2. The van der Waals surface area contributed by atoms with Gasteiger partial charge in [-0.25, -0.2) is 14.8 Å². The Labute approximate surface area is 209 Å². The summed E-state index contributed by atoms with van der Waals surface area (Å²) in [6, 6.07) is 5.94. The third-order valence-corrected chi connectivity index (χ3v) is 6.92. The zero-order valence-corrected chi connectivity index (χ0v) is 19.8. The van der Waals surface area contributed by atoms with E-state index in [0.717, 1.165) is 0 Å². The molecule has 0 aliphatic carbocycles. The molecule has 2 fully saturated rings. The van der Waals surface area contributed by atoms with E-state index >= 15 is 0 Å². The van der Waals surface area contributed by atoms with Crippen molar-refractivity contribution in [2.24, 2.45) is 0 Å². The van der Waals surface area contributed by atoms with Crippen LogP contribution in [0.5, 0.6) is 0 Å². The number of morpholine rings is 1. The first-order valence-electron chi connectivity index (χ1n) is 10.9. The average molecular weight is 524 g/mol. The molecule has 11 nitrogen and oxygen atoms in total. The van der Waals surface area contributed by atoms with Crippen molar-refractivity contribution in [2.45, 2.75) is 30.6 Å². The molecule has 4 heterocycles. The van der Waals surface area contributed by atoms with Gasteiger partial charge in [-0.1, -0.05) is 29.3 Å². The zero-order valence-electron chi connectivity index (χ0n) is 18.3. The number of aliphatic hydroxyl groups excluding tert-OH is 3. The van der Waals surface area contributed by atoms with E-state index in [1.807, 2.05) is 0 Å². The summed E-state index contributed by atoms with van der Waals surface area (Å²) in [5, 5.41) is 36.1. The summed E-state index contributed by atoms with van der Waals surface area (Å²) in [7, 11) is 0. The fourth-order valence-electron chi connectivity index (χ4n) is 4.29. The second kappa shape index (κ2) is 9.86. The molecular formula is C22H23Cl2N5O6. The van der Waals surface area contributed by atoms with Crippen molar-refractivity contribution in [3.63, 3.8) is 0 Å². The van der Waals surface area contributed by atoms with Crippen LogP contribution in [0.25, 0.3) is 11.0 Å². The number of hydrogen-bond acceptors (Lipinski definition) is 8. The number of ether oxygens (including phenoxy) is 2. The first-order valence-corrected chi connectivity index (χ1v) is 11.7. The van der Waals surface area contributed by atoms with Crippen LogP contribution in [-0.4, -0.2) is 85.4 Å². The van der Waals surface area contributed by atoms with Crippen LogP contribution < -0.4 is 5.32 Å². The largest absolute Gasteiger partial charge is 0.387 e. The highest BCUT2D eigenvalue weighted by Gasteiger charge is 2.47. The van der Waals surface area contributed by atoms with Gasteiger partial charge in [0.05, 0.1) is 28.6 Å². The Morgan fingerprint density at radius 3 is 2.63 bits per heavy atom. The van der Waals surface area contributed by atoms with Crippen LogP contribution in [0.1, 0.15) is 17.9 Å². The number of amides is 2. The van der Waals surface area contributed by atoms with E-state index in [1.54, 1.807) is 23.2 Å². The number of aromatic nitrogens is 3. The van der Waals surface area contributed by atoms with Gasteiger partial charge in [0.25, 0.3) is 0 Å². The number of fused-ring (bicyclic) bond motifs is 1. The average Bonchev–Trinajstić information content (AvgIpc) is 3.42. The predicted molar refractivity (Wildman–Crippen MR) is 126 cm³/mol. The van der Waals surface area contributed by atoms with E-state index in [2.05, 4.69) is 15.3 Å². The van der Waals surface area contributed by atoms with Crippen molar-refractivity contribution < 1.29 is 29.6 Å². The van der Waals surface area contributed by atoms with Gasteiger partial charge in [0.15, 0.2) is 6.23 Å². The minimum absolute atomic E-state index is 0.243. The van der Waals surface area contributed by atoms with Gasteiger partial charge in [0, 0.05) is 19.3 Å². The molecule has 5 atom stereocenters. The Kier molecular flexibility index (Phi) is 6.82. The second-order valence-corrected chi connectivity index (χ2v) is 9.12. The molecule has 1 aromatic carbocycles. The van der Waals surface area contributed by atoms with Crippen LogP contribution in [0.3, 0.4) is 0 Å². The van der Waals surface area contributed by atoms with Crippen molar-refractivity contribution in [1.82, 2.24) is 19.4 Å². The van der Waals surface area contributed by atoms with E-state index in [4.69, 9.17) is 32.7 Å². The van der Waals surface area contributed by atoms with Crippen LogP contribution in [0.15, 0.2) is 36.8 Å². The lowest BCUT2D eigenvalue weighted by Crippen LogP contribution is -2.43. The number of nitrogens with one attached hydrogen (secondary N) is 1. The number of anilines is 1. The highest BCUT2D eigenvalue weighted by molar-refractivity contribution is 6.42. The summed E-state index contributed by atoms with van der Waals surface area (Å²) in [4.78, 5) is 22.7. The monoisotopic (exact) mass is 523 g/mol. The fourth-order valence-corrected chi connectivity index (χ4v) is 4.59. The molecule has 3 aromatic rings. The number of aliphatic hydroxyl groups is 3. The summed E-state index contributed by atoms with van der Waals surface area (Å²) in [6.07, 6.45) is -3.35. The van der Waals surface area contributed by atoms with Gasteiger partial charge in [-0.2, -0.15) is 0 Å². The standard InChI is InChI=1S/C22H23Cl2N5O6/c23-13-2-1-11(9-14(13)24)15(30)18-16(31)17(32)21(35-18)29-4-3-12-19(25-10-26-20(12)29)27-22(33)28-5-7-34-8-6-28/h1-4,9-10,15-18,21,30-32H,5-8H2,(H,25,26,27,33)/t15-,16+,17-,18-,21-/m1/s1. The molecule has 4 N–H and O–H groups in total. The van der Waals surface area contributed by atoms with Crippen LogP contribution >= 0.6 is 23.2 Å². The minimum Gasteiger partial charge on any atom is -0.387 e. The van der Waals surface area contributed by atoms with Crippen molar-refractivity contribution in [3.05, 3.63) is 52.4 Å². The Morgan fingerprint density at radius 2 is 1.89 bits per heavy atom. The van der Waals surface area contributed by atoms with E-state index in [-0.39, 0.29) is 11.1 Å². The predicted octanol–water partition coefficient (Wildman–Crippen LogP) is 1.95. The number of nitrogens with zero attached hydrogens (tertiary/aromatic N) is 4. The van der Waals surface area contributed by atoms with Crippen LogP contribution in [0.2, 0.25) is 10.0 Å². The maximum absolute atomic E-state index is 12.6. The molecule has 2 saturated heterocycles. The molecule has 2 aromatic heterocycles. The molecule has 2 amide bonds. The van der Waals surface area contributed by atoms with E-state index in [1.165, 1.54) is 23.0 Å². The Bertz CT molecular complexity index is 1240. The number of urea groups is 1. The molecule has 186 valence electrons. The maximum Gasteiger partial charge on any atom is 0.323 e. The smallest absolute Gasteiger partial charge is 0.323 e.